The molecule has 2 aromatic rings. The van der Waals surface area contributed by atoms with E-state index < -0.39 is 0 Å². The van der Waals surface area contributed by atoms with Gasteiger partial charge in [0.1, 0.15) is 11.1 Å². The van der Waals surface area contributed by atoms with E-state index in [1.54, 1.807) is 11.4 Å². The van der Waals surface area contributed by atoms with Crippen LogP contribution in [0.2, 0.25) is 0 Å². The minimum Gasteiger partial charge on any atom is -0.315 e. The topological polar surface area (TPSA) is 64.9 Å². The molecule has 4 nitrogen and oxygen atoms in total. The van der Waals surface area contributed by atoms with E-state index in [1.807, 2.05) is 0 Å². The summed E-state index contributed by atoms with van der Waals surface area (Å²) in [5.74, 6) is 0.228. The normalized spacial score (nSPS) is 12.0. The molecule has 126 valence electrons. The molecule has 0 fully saturated rings. The minimum atomic E-state index is -0.134. The van der Waals surface area contributed by atoms with Gasteiger partial charge >= 0.3 is 0 Å². The number of nitrogens with zero attached hydrogens (tertiary/aromatic N) is 1. The molecule has 0 aliphatic heterocycles. The van der Waals surface area contributed by atoms with Crippen LogP contribution in [0, 0.1) is 17.2 Å². The predicted molar refractivity (Wildman–Crippen MR) is 99.1 cm³/mol. The Balaban J connectivity index is 1.98. The van der Waals surface area contributed by atoms with Crippen LogP contribution in [0.1, 0.15) is 43.5 Å². The van der Waals surface area contributed by atoms with Gasteiger partial charge in [0.2, 0.25) is 5.91 Å². The standard InChI is InChI=1S/C19H23N3OS/c1-4-14-5-7-15(8-6-14)18(13(2)3)21-12-17(23)22-19-16(11-20)9-10-24-19/h5-10,13,18,21H,4,12H2,1-3H3,(H,22,23)/t18-/m0/s1. The van der Waals surface area contributed by atoms with Gasteiger partial charge in [-0.15, -0.1) is 11.3 Å². The first-order chi connectivity index (χ1) is 11.5. The molecule has 0 radical (unpaired) electrons. The van der Waals surface area contributed by atoms with Crippen molar-refractivity contribution in [2.24, 2.45) is 5.92 Å². The monoisotopic (exact) mass is 341 g/mol. The lowest BCUT2D eigenvalue weighted by atomic mass is 9.95. The Labute approximate surface area is 147 Å². The van der Waals surface area contributed by atoms with Gasteiger partial charge in [-0.3, -0.25) is 4.79 Å². The average molecular weight is 341 g/mol. The van der Waals surface area contributed by atoms with Gasteiger partial charge in [0.05, 0.1) is 12.1 Å². The number of amides is 1. The first-order valence-electron chi connectivity index (χ1n) is 8.14. The van der Waals surface area contributed by atoms with E-state index >= 15 is 0 Å². The number of carbonyl (C=O) groups excluding carboxylic acids is 1. The van der Waals surface area contributed by atoms with Crippen molar-refractivity contribution in [3.63, 3.8) is 0 Å². The summed E-state index contributed by atoms with van der Waals surface area (Å²) >= 11 is 1.36. The molecule has 1 aromatic carbocycles. The molecule has 1 heterocycles. The lowest BCUT2D eigenvalue weighted by Crippen LogP contribution is -2.33. The second kappa shape index (κ2) is 8.62. The number of nitrogens with one attached hydrogen (secondary N) is 2. The van der Waals surface area contributed by atoms with Crippen LogP contribution < -0.4 is 10.6 Å². The van der Waals surface area contributed by atoms with Crippen LogP contribution in [0.25, 0.3) is 0 Å². The van der Waals surface area contributed by atoms with E-state index in [4.69, 9.17) is 5.26 Å². The van der Waals surface area contributed by atoms with Crippen molar-refractivity contribution < 1.29 is 4.79 Å². The molecule has 0 aliphatic rings. The Kier molecular flexibility index (Phi) is 6.53. The van der Waals surface area contributed by atoms with Crippen LogP contribution in [-0.4, -0.2) is 12.5 Å². The lowest BCUT2D eigenvalue weighted by Gasteiger charge is -2.23. The zero-order chi connectivity index (χ0) is 17.5. The summed E-state index contributed by atoms with van der Waals surface area (Å²) in [6.45, 7) is 6.62. The van der Waals surface area contributed by atoms with E-state index in [9.17, 15) is 4.79 Å². The zero-order valence-electron chi connectivity index (χ0n) is 14.3. The molecule has 0 saturated carbocycles. The van der Waals surface area contributed by atoms with Crippen molar-refractivity contribution in [1.29, 1.82) is 5.26 Å². The summed E-state index contributed by atoms with van der Waals surface area (Å²) < 4.78 is 0. The van der Waals surface area contributed by atoms with Gasteiger partial charge in [0.25, 0.3) is 0 Å². The molecule has 0 saturated heterocycles. The number of hydrogen-bond acceptors (Lipinski definition) is 4. The van der Waals surface area contributed by atoms with Gasteiger partial charge < -0.3 is 10.6 Å². The molecule has 5 heteroatoms. The first-order valence-corrected chi connectivity index (χ1v) is 9.02. The lowest BCUT2D eigenvalue weighted by molar-refractivity contribution is -0.115. The van der Waals surface area contributed by atoms with Crippen molar-refractivity contribution in [3.05, 3.63) is 52.4 Å². The van der Waals surface area contributed by atoms with Crippen LogP contribution in [-0.2, 0) is 11.2 Å². The number of aryl methyl sites for hydroxylation is 1. The Morgan fingerprint density at radius 3 is 2.54 bits per heavy atom. The van der Waals surface area contributed by atoms with Crippen molar-refractivity contribution in [3.8, 4) is 6.07 Å². The molecule has 0 aliphatic carbocycles. The molecule has 2 rings (SSSR count). The summed E-state index contributed by atoms with van der Waals surface area (Å²) in [5, 5.41) is 17.5. The third kappa shape index (κ3) is 4.67. The zero-order valence-corrected chi connectivity index (χ0v) is 15.1. The third-order valence-electron chi connectivity index (χ3n) is 3.93. The molecule has 1 amide bonds. The first kappa shape index (κ1) is 18.2. The Hall–Kier alpha value is -2.16. The Morgan fingerprint density at radius 1 is 1.25 bits per heavy atom. The van der Waals surface area contributed by atoms with Gasteiger partial charge in [-0.05, 0) is 34.9 Å². The fourth-order valence-electron chi connectivity index (χ4n) is 2.57. The van der Waals surface area contributed by atoms with E-state index in [-0.39, 0.29) is 18.5 Å². The molecule has 1 atom stereocenters. The van der Waals surface area contributed by atoms with Crippen LogP contribution in [0.4, 0.5) is 5.00 Å². The van der Waals surface area contributed by atoms with Crippen molar-refractivity contribution in [2.45, 2.75) is 33.2 Å². The molecule has 0 spiro atoms. The number of nitriles is 1. The maximum absolute atomic E-state index is 12.2. The second-order valence-electron chi connectivity index (χ2n) is 6.02. The fraction of sp³-hybridized carbons (Fsp3) is 0.368. The molecular weight excluding hydrogens is 318 g/mol. The van der Waals surface area contributed by atoms with Crippen molar-refractivity contribution >= 4 is 22.2 Å². The average Bonchev–Trinajstić information content (AvgIpc) is 3.02. The predicted octanol–water partition coefficient (Wildman–Crippen LogP) is 4.11. The van der Waals surface area contributed by atoms with Gasteiger partial charge in [-0.25, -0.2) is 0 Å². The molecule has 0 unspecified atom stereocenters. The Bertz CT molecular complexity index is 713. The smallest absolute Gasteiger partial charge is 0.238 e. The van der Waals surface area contributed by atoms with Gasteiger partial charge in [0.15, 0.2) is 0 Å². The van der Waals surface area contributed by atoms with E-state index in [2.05, 4.69) is 61.7 Å². The summed E-state index contributed by atoms with van der Waals surface area (Å²) in [4.78, 5) is 12.2. The Morgan fingerprint density at radius 2 is 1.96 bits per heavy atom. The number of benzene rings is 1. The number of rotatable bonds is 7. The summed E-state index contributed by atoms with van der Waals surface area (Å²) in [5.41, 5.74) is 2.99. The van der Waals surface area contributed by atoms with E-state index in [1.165, 1.54) is 22.5 Å². The highest BCUT2D eigenvalue weighted by Gasteiger charge is 2.17. The van der Waals surface area contributed by atoms with Crippen LogP contribution in [0.5, 0.6) is 0 Å². The summed E-state index contributed by atoms with van der Waals surface area (Å²) in [6.07, 6.45) is 1.02. The van der Waals surface area contributed by atoms with Crippen molar-refractivity contribution in [2.75, 3.05) is 11.9 Å². The summed E-state index contributed by atoms with van der Waals surface area (Å²) in [7, 11) is 0. The molecule has 24 heavy (non-hydrogen) atoms. The van der Waals surface area contributed by atoms with Crippen LogP contribution in [0.15, 0.2) is 35.7 Å². The highest BCUT2D eigenvalue weighted by Crippen LogP contribution is 2.23. The maximum Gasteiger partial charge on any atom is 0.238 e. The number of carbonyl (C=O) groups is 1. The van der Waals surface area contributed by atoms with E-state index in [0.29, 0.717) is 16.5 Å². The molecule has 2 N–H and O–H groups in total. The van der Waals surface area contributed by atoms with E-state index in [0.717, 1.165) is 6.42 Å². The van der Waals surface area contributed by atoms with Gasteiger partial charge in [-0.2, -0.15) is 5.26 Å². The van der Waals surface area contributed by atoms with Gasteiger partial charge in [0, 0.05) is 6.04 Å². The quantitative estimate of drug-likeness (QED) is 0.796. The second-order valence-corrected chi connectivity index (χ2v) is 6.94. The van der Waals surface area contributed by atoms with Crippen molar-refractivity contribution in [1.82, 2.24) is 5.32 Å². The minimum absolute atomic E-state index is 0.112. The highest BCUT2D eigenvalue weighted by atomic mass is 32.1. The SMILES string of the molecule is CCc1ccc([C@@H](NCC(=O)Nc2sccc2C#N)C(C)C)cc1. The molecule has 0 bridgehead atoms. The summed E-state index contributed by atoms with van der Waals surface area (Å²) in [6, 6.07) is 12.4. The van der Waals surface area contributed by atoms with Crippen LogP contribution in [0.3, 0.4) is 0 Å². The number of anilines is 1. The fourth-order valence-corrected chi connectivity index (χ4v) is 3.32. The highest BCUT2D eigenvalue weighted by molar-refractivity contribution is 7.14. The number of thiophene rings is 1. The third-order valence-corrected chi connectivity index (χ3v) is 4.76. The molecular formula is C19H23N3OS. The van der Waals surface area contributed by atoms with Crippen LogP contribution >= 0.6 is 11.3 Å². The largest absolute Gasteiger partial charge is 0.315 e. The maximum atomic E-state index is 12.2. The molecule has 1 aromatic heterocycles. The number of hydrogen-bond donors (Lipinski definition) is 2. The van der Waals surface area contributed by atoms with Gasteiger partial charge in [-0.1, -0.05) is 45.0 Å².